The summed E-state index contributed by atoms with van der Waals surface area (Å²) in [5.74, 6) is 2.00. The number of amides is 1. The maximum atomic E-state index is 11.7. The third-order valence-corrected chi connectivity index (χ3v) is 3.20. The normalized spacial score (nSPS) is 20.4. The van der Waals surface area contributed by atoms with Crippen molar-refractivity contribution in [1.29, 1.82) is 0 Å². The van der Waals surface area contributed by atoms with Crippen LogP contribution >= 0.6 is 24.0 Å². The van der Waals surface area contributed by atoms with Crippen LogP contribution in [0.2, 0.25) is 0 Å². The molecule has 1 aromatic heterocycles. The first kappa shape index (κ1) is 17.8. The van der Waals surface area contributed by atoms with E-state index in [0.717, 1.165) is 18.7 Å². The molecule has 2 rings (SSSR count). The van der Waals surface area contributed by atoms with E-state index in [1.807, 2.05) is 13.0 Å². The average Bonchev–Trinajstić information content (AvgIpc) is 2.93. The van der Waals surface area contributed by atoms with E-state index in [9.17, 15) is 4.79 Å². The van der Waals surface area contributed by atoms with Gasteiger partial charge in [0.25, 0.3) is 0 Å². The summed E-state index contributed by atoms with van der Waals surface area (Å²) in [4.78, 5) is 16.0. The highest BCUT2D eigenvalue weighted by Gasteiger charge is 2.33. The maximum Gasteiger partial charge on any atom is 0.242 e. The second-order valence-electron chi connectivity index (χ2n) is 5.02. The molecule has 0 radical (unpaired) electrons. The molecule has 1 fully saturated rings. The lowest BCUT2D eigenvalue weighted by Gasteiger charge is -2.10. The number of furan rings is 1. The maximum absolute atomic E-state index is 11.7. The molecule has 1 saturated carbocycles. The number of nitrogens with zero attached hydrogens (tertiary/aromatic N) is 1. The summed E-state index contributed by atoms with van der Waals surface area (Å²) < 4.78 is 5.15. The molecule has 2 atom stereocenters. The second-order valence-corrected chi connectivity index (χ2v) is 5.02. The topological polar surface area (TPSA) is 78.7 Å². The Morgan fingerprint density at radius 2 is 2.24 bits per heavy atom. The zero-order chi connectivity index (χ0) is 14.4. The SMILES string of the molecule is CCNC(=NCC(=O)NCc1ccco1)NC1CC1C.I. The Morgan fingerprint density at radius 1 is 1.48 bits per heavy atom. The van der Waals surface area contributed by atoms with Gasteiger partial charge in [0.15, 0.2) is 5.96 Å². The molecule has 3 N–H and O–H groups in total. The van der Waals surface area contributed by atoms with Crippen LogP contribution < -0.4 is 16.0 Å². The van der Waals surface area contributed by atoms with Gasteiger partial charge in [-0.05, 0) is 31.4 Å². The van der Waals surface area contributed by atoms with Crippen LogP contribution in [0, 0.1) is 5.92 Å². The zero-order valence-corrected chi connectivity index (χ0v) is 14.7. The van der Waals surface area contributed by atoms with E-state index in [1.54, 1.807) is 12.3 Å². The van der Waals surface area contributed by atoms with Crippen LogP contribution in [0.25, 0.3) is 0 Å². The molecular formula is C14H23IN4O2. The fourth-order valence-electron chi connectivity index (χ4n) is 1.82. The van der Waals surface area contributed by atoms with Crippen LogP contribution in [0.4, 0.5) is 0 Å². The Hall–Kier alpha value is -1.25. The minimum Gasteiger partial charge on any atom is -0.467 e. The molecule has 21 heavy (non-hydrogen) atoms. The van der Waals surface area contributed by atoms with Gasteiger partial charge in [-0.15, -0.1) is 24.0 Å². The molecule has 0 spiro atoms. The van der Waals surface area contributed by atoms with Crippen LogP contribution in [-0.2, 0) is 11.3 Å². The Labute approximate surface area is 142 Å². The summed E-state index contributed by atoms with van der Waals surface area (Å²) in [5, 5.41) is 9.21. The predicted molar refractivity (Wildman–Crippen MR) is 92.7 cm³/mol. The highest BCUT2D eigenvalue weighted by molar-refractivity contribution is 14.0. The molecule has 1 aliphatic rings. The Balaban J connectivity index is 0.00000220. The van der Waals surface area contributed by atoms with Crippen molar-refractivity contribution in [2.75, 3.05) is 13.1 Å². The number of hydrogen-bond donors (Lipinski definition) is 3. The average molecular weight is 406 g/mol. The molecule has 118 valence electrons. The van der Waals surface area contributed by atoms with Crippen LogP contribution in [-0.4, -0.2) is 31.0 Å². The van der Waals surface area contributed by atoms with E-state index < -0.39 is 0 Å². The molecule has 1 aromatic rings. The highest BCUT2D eigenvalue weighted by atomic mass is 127. The molecular weight excluding hydrogens is 383 g/mol. The van der Waals surface area contributed by atoms with Crippen molar-refractivity contribution < 1.29 is 9.21 Å². The summed E-state index contributed by atoms with van der Waals surface area (Å²) in [5.41, 5.74) is 0. The van der Waals surface area contributed by atoms with Crippen molar-refractivity contribution >= 4 is 35.8 Å². The summed E-state index contributed by atoms with van der Waals surface area (Å²) >= 11 is 0. The molecule has 0 saturated heterocycles. The van der Waals surface area contributed by atoms with Crippen molar-refractivity contribution in [3.8, 4) is 0 Å². The van der Waals surface area contributed by atoms with Crippen LogP contribution in [0.1, 0.15) is 26.0 Å². The van der Waals surface area contributed by atoms with Crippen molar-refractivity contribution in [1.82, 2.24) is 16.0 Å². The molecule has 0 aromatic carbocycles. The minimum absolute atomic E-state index is 0. The highest BCUT2D eigenvalue weighted by Crippen LogP contribution is 2.28. The number of rotatable bonds is 6. The Morgan fingerprint density at radius 3 is 2.81 bits per heavy atom. The number of nitrogens with one attached hydrogen (secondary N) is 3. The summed E-state index contributed by atoms with van der Waals surface area (Å²) in [6.07, 6.45) is 2.75. The summed E-state index contributed by atoms with van der Waals surface area (Å²) in [6, 6.07) is 4.10. The van der Waals surface area contributed by atoms with E-state index in [2.05, 4.69) is 27.9 Å². The summed E-state index contributed by atoms with van der Waals surface area (Å²) in [7, 11) is 0. The van der Waals surface area contributed by atoms with E-state index in [1.165, 1.54) is 0 Å². The largest absolute Gasteiger partial charge is 0.467 e. The molecule has 0 aliphatic heterocycles. The van der Waals surface area contributed by atoms with Gasteiger partial charge in [0.1, 0.15) is 12.3 Å². The third kappa shape index (κ3) is 6.36. The number of hydrogen-bond acceptors (Lipinski definition) is 3. The van der Waals surface area contributed by atoms with Crippen molar-refractivity contribution in [2.24, 2.45) is 10.9 Å². The van der Waals surface area contributed by atoms with E-state index in [4.69, 9.17) is 4.42 Å². The van der Waals surface area contributed by atoms with Gasteiger partial charge in [0.2, 0.25) is 5.91 Å². The minimum atomic E-state index is -0.123. The first-order valence-electron chi connectivity index (χ1n) is 7.03. The molecule has 1 heterocycles. The summed E-state index contributed by atoms with van der Waals surface area (Å²) in [6.45, 7) is 5.48. The van der Waals surface area contributed by atoms with E-state index >= 15 is 0 Å². The van der Waals surface area contributed by atoms with Gasteiger partial charge in [-0.3, -0.25) is 4.79 Å². The van der Waals surface area contributed by atoms with Gasteiger partial charge in [-0.25, -0.2) is 4.99 Å². The van der Waals surface area contributed by atoms with Gasteiger partial charge in [0.05, 0.1) is 12.8 Å². The van der Waals surface area contributed by atoms with Crippen LogP contribution in [0.15, 0.2) is 27.8 Å². The monoisotopic (exact) mass is 406 g/mol. The number of guanidine groups is 1. The molecule has 1 aliphatic carbocycles. The predicted octanol–water partition coefficient (Wildman–Crippen LogP) is 1.48. The molecule has 6 nitrogen and oxygen atoms in total. The lowest BCUT2D eigenvalue weighted by Crippen LogP contribution is -2.40. The first-order valence-corrected chi connectivity index (χ1v) is 7.03. The molecule has 1 amide bonds. The quantitative estimate of drug-likeness (QED) is 0.380. The third-order valence-electron chi connectivity index (χ3n) is 3.20. The Bertz CT molecular complexity index is 462. The fourth-order valence-corrected chi connectivity index (χ4v) is 1.82. The number of carbonyl (C=O) groups is 1. The fraction of sp³-hybridized carbons (Fsp3) is 0.571. The smallest absolute Gasteiger partial charge is 0.242 e. The van der Waals surface area contributed by atoms with Crippen LogP contribution in [0.3, 0.4) is 0 Å². The molecule has 7 heteroatoms. The van der Waals surface area contributed by atoms with E-state index in [0.29, 0.717) is 24.5 Å². The van der Waals surface area contributed by atoms with Crippen molar-refractivity contribution in [3.05, 3.63) is 24.2 Å². The van der Waals surface area contributed by atoms with Crippen LogP contribution in [0.5, 0.6) is 0 Å². The number of carbonyl (C=O) groups excluding carboxylic acids is 1. The van der Waals surface area contributed by atoms with Gasteiger partial charge in [-0.2, -0.15) is 0 Å². The van der Waals surface area contributed by atoms with Gasteiger partial charge in [0, 0.05) is 12.6 Å². The number of aliphatic imine (C=N–C) groups is 1. The van der Waals surface area contributed by atoms with Gasteiger partial charge < -0.3 is 20.4 Å². The van der Waals surface area contributed by atoms with Crippen molar-refractivity contribution in [2.45, 2.75) is 32.9 Å². The lowest BCUT2D eigenvalue weighted by atomic mass is 10.4. The molecule has 2 unspecified atom stereocenters. The standard InChI is InChI=1S/C14H22N4O2.HI/c1-3-15-14(18-12-7-10(12)2)17-9-13(19)16-8-11-5-4-6-20-11;/h4-6,10,12H,3,7-9H2,1-2H3,(H,16,19)(H2,15,17,18);1H. The molecule has 0 bridgehead atoms. The number of halogens is 1. The lowest BCUT2D eigenvalue weighted by molar-refractivity contribution is -0.119. The Kier molecular flexibility index (Phi) is 7.55. The first-order chi connectivity index (χ1) is 9.69. The second kappa shape index (κ2) is 8.91. The van der Waals surface area contributed by atoms with Gasteiger partial charge >= 0.3 is 0 Å². The zero-order valence-electron chi connectivity index (χ0n) is 12.4. The van der Waals surface area contributed by atoms with E-state index in [-0.39, 0.29) is 36.4 Å². The van der Waals surface area contributed by atoms with Crippen molar-refractivity contribution in [3.63, 3.8) is 0 Å². The van der Waals surface area contributed by atoms with Gasteiger partial charge in [-0.1, -0.05) is 6.92 Å².